The largest absolute Gasteiger partial charge is 1.00 e. The van der Waals surface area contributed by atoms with Crippen LogP contribution in [0.25, 0.3) is 0 Å². The predicted octanol–water partition coefficient (Wildman–Crippen LogP) is 4.21. The van der Waals surface area contributed by atoms with Crippen molar-refractivity contribution < 1.29 is 52.3 Å². The molecule has 0 aromatic heterocycles. The van der Waals surface area contributed by atoms with Gasteiger partial charge in [0, 0.05) is 11.3 Å². The van der Waals surface area contributed by atoms with Crippen molar-refractivity contribution in [2.24, 2.45) is 0 Å². The Kier molecular flexibility index (Phi) is 16.0. The van der Waals surface area contributed by atoms with Crippen molar-refractivity contribution in [1.29, 1.82) is 0 Å². The molecule has 0 heterocycles. The summed E-state index contributed by atoms with van der Waals surface area (Å²) in [5.74, 6) is 0.757. The lowest BCUT2D eigenvalue weighted by Gasteiger charge is -2.32. The number of benzene rings is 3. The van der Waals surface area contributed by atoms with Gasteiger partial charge in [0.15, 0.2) is 6.04 Å². The number of rotatable bonds is 17. The second-order valence-corrected chi connectivity index (χ2v) is 11.9. The van der Waals surface area contributed by atoms with Crippen LogP contribution in [0.3, 0.4) is 0 Å². The van der Waals surface area contributed by atoms with Crippen LogP contribution in [0.4, 0.5) is 0 Å². The average molecular weight is 706 g/mol. The van der Waals surface area contributed by atoms with Gasteiger partial charge in [-0.3, -0.25) is 0 Å². The van der Waals surface area contributed by atoms with E-state index in [1.54, 1.807) is 36.0 Å². The smallest absolute Gasteiger partial charge is 0.365 e. The van der Waals surface area contributed by atoms with Gasteiger partial charge < -0.3 is 42.7 Å². The zero-order valence-electron chi connectivity index (χ0n) is 25.2. The van der Waals surface area contributed by atoms with E-state index in [4.69, 9.17) is 14.2 Å². The summed E-state index contributed by atoms with van der Waals surface area (Å²) in [6.45, 7) is 1.12. The summed E-state index contributed by atoms with van der Waals surface area (Å²) < 4.78 is 17.5. The minimum atomic E-state index is -0.374. The van der Waals surface area contributed by atoms with E-state index in [2.05, 4.69) is 12.1 Å². The van der Waals surface area contributed by atoms with E-state index >= 15 is 0 Å². The Bertz CT molecular complexity index is 1200. The van der Waals surface area contributed by atoms with Crippen LogP contribution in [0.5, 0.6) is 11.5 Å². The lowest BCUT2D eigenvalue weighted by molar-refractivity contribution is -0.887. The van der Waals surface area contributed by atoms with E-state index in [0.717, 1.165) is 54.7 Å². The number of halogens is 1. The average Bonchev–Trinajstić information content (AvgIpc) is 2.97. The van der Waals surface area contributed by atoms with Crippen molar-refractivity contribution in [3.05, 3.63) is 90.0 Å². The van der Waals surface area contributed by atoms with E-state index in [1.165, 1.54) is 0 Å². The predicted molar refractivity (Wildman–Crippen MR) is 166 cm³/mol. The molecule has 3 aromatic rings. The molecule has 0 saturated carbocycles. The first-order valence-corrected chi connectivity index (χ1v) is 15.6. The van der Waals surface area contributed by atoms with E-state index in [0.29, 0.717) is 35.4 Å². The SMILES string of the molecule is CSc1ccc(C(=O)Oc2ccc(OCCCCCCCCOC(=O)C(Cc3ccccc3)[N+](C)(C)C)cc2)cc1.[I-]. The summed E-state index contributed by atoms with van der Waals surface area (Å²) in [6.07, 6.45) is 8.90. The standard InChI is InChI=1S/C34H44NO5S.HI/c1-35(2,3)32(26-27-14-10-9-11-15-27)34(37)39-25-13-8-6-5-7-12-24-38-29-18-20-30(21-19-29)40-33(36)28-16-22-31(41-4)23-17-28;/h9-11,14-23,32H,5-8,12-13,24-26H2,1-4H3;1H/q+1;/p-1. The number of hydrogen-bond acceptors (Lipinski definition) is 6. The summed E-state index contributed by atoms with van der Waals surface area (Å²) in [5.41, 5.74) is 1.68. The number of quaternary nitrogens is 1. The van der Waals surface area contributed by atoms with Crippen molar-refractivity contribution in [2.75, 3.05) is 40.6 Å². The van der Waals surface area contributed by atoms with Gasteiger partial charge in [0.25, 0.3) is 0 Å². The summed E-state index contributed by atoms with van der Waals surface area (Å²) in [4.78, 5) is 26.2. The zero-order valence-corrected chi connectivity index (χ0v) is 28.2. The van der Waals surface area contributed by atoms with Gasteiger partial charge in [-0.25, -0.2) is 9.59 Å². The molecule has 8 heteroatoms. The molecule has 0 radical (unpaired) electrons. The summed E-state index contributed by atoms with van der Waals surface area (Å²) >= 11 is 1.63. The second kappa shape index (κ2) is 18.9. The molecule has 0 aliphatic heterocycles. The third-order valence-corrected chi connectivity index (χ3v) is 7.63. The fourth-order valence-electron chi connectivity index (χ4n) is 4.38. The van der Waals surface area contributed by atoms with Crippen LogP contribution < -0.4 is 33.5 Å². The summed E-state index contributed by atoms with van der Waals surface area (Å²) in [7, 11) is 6.12. The van der Waals surface area contributed by atoms with Crippen LogP contribution in [-0.2, 0) is 16.0 Å². The van der Waals surface area contributed by atoms with Crippen LogP contribution >= 0.6 is 11.8 Å². The Morgan fingerprint density at radius 2 is 1.31 bits per heavy atom. The molecular formula is C34H44INO5S. The quantitative estimate of drug-likeness (QED) is 0.0525. The van der Waals surface area contributed by atoms with Crippen molar-refractivity contribution in [2.45, 2.75) is 55.9 Å². The minimum Gasteiger partial charge on any atom is -1.00 e. The molecule has 228 valence electrons. The van der Waals surface area contributed by atoms with Crippen molar-refractivity contribution >= 4 is 23.7 Å². The van der Waals surface area contributed by atoms with Crippen LogP contribution in [0.15, 0.2) is 83.8 Å². The summed E-state index contributed by atoms with van der Waals surface area (Å²) in [6, 6.07) is 24.4. The van der Waals surface area contributed by atoms with Gasteiger partial charge in [0.05, 0.1) is 39.9 Å². The molecule has 3 rings (SSSR count). The molecule has 0 saturated heterocycles. The van der Waals surface area contributed by atoms with Crippen molar-refractivity contribution in [3.8, 4) is 11.5 Å². The highest BCUT2D eigenvalue weighted by atomic mass is 127. The van der Waals surface area contributed by atoms with Gasteiger partial charge in [-0.1, -0.05) is 56.0 Å². The third kappa shape index (κ3) is 12.8. The molecule has 42 heavy (non-hydrogen) atoms. The lowest BCUT2D eigenvalue weighted by atomic mass is 10.0. The van der Waals surface area contributed by atoms with E-state index in [-0.39, 0.29) is 42.0 Å². The molecule has 6 nitrogen and oxygen atoms in total. The lowest BCUT2D eigenvalue weighted by Crippen LogP contribution is -3.00. The third-order valence-electron chi connectivity index (χ3n) is 6.89. The molecule has 1 atom stereocenters. The fraction of sp³-hybridized carbons (Fsp3) is 0.412. The number of nitrogens with zero attached hydrogens (tertiary/aromatic N) is 1. The highest BCUT2D eigenvalue weighted by Gasteiger charge is 2.33. The number of ether oxygens (including phenoxy) is 3. The maximum atomic E-state index is 12.8. The number of likely N-dealkylation sites (N-methyl/N-ethyl adjacent to an activating group) is 1. The van der Waals surface area contributed by atoms with Gasteiger partial charge in [0.2, 0.25) is 0 Å². The van der Waals surface area contributed by atoms with Crippen LogP contribution in [-0.4, -0.2) is 63.1 Å². The van der Waals surface area contributed by atoms with E-state index in [9.17, 15) is 9.59 Å². The number of carbonyl (C=O) groups is 2. The molecule has 0 N–H and O–H groups in total. The maximum Gasteiger partial charge on any atom is 0.365 e. The molecule has 0 aliphatic rings. The molecule has 0 amide bonds. The van der Waals surface area contributed by atoms with Crippen LogP contribution in [0.1, 0.15) is 54.4 Å². The monoisotopic (exact) mass is 705 g/mol. The van der Waals surface area contributed by atoms with Crippen LogP contribution in [0, 0.1) is 0 Å². The molecule has 3 aromatic carbocycles. The van der Waals surface area contributed by atoms with Gasteiger partial charge in [-0.15, -0.1) is 11.8 Å². The normalized spacial score (nSPS) is 11.7. The molecule has 0 spiro atoms. The highest BCUT2D eigenvalue weighted by molar-refractivity contribution is 7.98. The topological polar surface area (TPSA) is 61.8 Å². The van der Waals surface area contributed by atoms with Gasteiger partial charge >= 0.3 is 11.9 Å². The molecular weight excluding hydrogens is 661 g/mol. The number of unbranched alkanes of at least 4 members (excludes halogenated alkanes) is 5. The number of hydrogen-bond donors (Lipinski definition) is 0. The molecule has 0 aliphatic carbocycles. The minimum absolute atomic E-state index is 0. The highest BCUT2D eigenvalue weighted by Crippen LogP contribution is 2.21. The molecule has 0 bridgehead atoms. The zero-order chi connectivity index (χ0) is 29.5. The van der Waals surface area contributed by atoms with E-state index < -0.39 is 0 Å². The van der Waals surface area contributed by atoms with Crippen LogP contribution in [0.2, 0.25) is 0 Å². The van der Waals surface area contributed by atoms with Gasteiger partial charge in [-0.2, -0.15) is 0 Å². The number of carbonyl (C=O) groups excluding carboxylic acids is 2. The first-order valence-electron chi connectivity index (χ1n) is 14.4. The number of esters is 2. The Morgan fingerprint density at radius 3 is 1.90 bits per heavy atom. The van der Waals surface area contributed by atoms with Crippen molar-refractivity contribution in [3.63, 3.8) is 0 Å². The van der Waals surface area contributed by atoms with E-state index in [1.807, 2.05) is 69.9 Å². The summed E-state index contributed by atoms with van der Waals surface area (Å²) in [5, 5.41) is 0. The Hall–Kier alpha value is -2.56. The Morgan fingerprint density at radius 1 is 0.738 bits per heavy atom. The van der Waals surface area contributed by atoms with Gasteiger partial charge in [0.1, 0.15) is 11.5 Å². The second-order valence-electron chi connectivity index (χ2n) is 11.0. The Labute approximate surface area is 272 Å². The maximum absolute atomic E-state index is 12.8. The Balaban J connectivity index is 0.00000616. The van der Waals surface area contributed by atoms with Gasteiger partial charge in [-0.05, 0) is 73.2 Å². The van der Waals surface area contributed by atoms with Crippen molar-refractivity contribution in [1.82, 2.24) is 0 Å². The fourth-order valence-corrected chi connectivity index (χ4v) is 4.79. The first-order chi connectivity index (χ1) is 19.8. The first kappa shape index (κ1) is 35.6. The molecule has 0 fully saturated rings. The number of thioether (sulfide) groups is 1. The molecule has 1 unspecified atom stereocenters.